The van der Waals surface area contributed by atoms with Gasteiger partial charge in [0.1, 0.15) is 17.4 Å². The fourth-order valence-corrected chi connectivity index (χ4v) is 2.71. The lowest BCUT2D eigenvalue weighted by molar-refractivity contribution is -0.0636. The average molecular weight is 275 g/mol. The lowest BCUT2D eigenvalue weighted by Crippen LogP contribution is -2.48. The lowest BCUT2D eigenvalue weighted by Gasteiger charge is -2.37. The van der Waals surface area contributed by atoms with Crippen molar-refractivity contribution < 1.29 is 14.3 Å². The molecule has 4 heteroatoms. The first kappa shape index (κ1) is 13.6. The van der Waals surface area contributed by atoms with Gasteiger partial charge in [0.25, 0.3) is 0 Å². The molecule has 1 aliphatic rings. The normalized spacial score (nSPS) is 25.9. The van der Waals surface area contributed by atoms with Gasteiger partial charge in [0, 0.05) is 24.5 Å². The molecule has 1 aromatic carbocycles. The molecule has 1 aromatic heterocycles. The number of ether oxygens (including phenoxy) is 1. The van der Waals surface area contributed by atoms with E-state index in [2.05, 4.69) is 18.7 Å². The van der Waals surface area contributed by atoms with Gasteiger partial charge in [-0.1, -0.05) is 18.2 Å². The molecule has 0 aliphatic carbocycles. The number of aliphatic hydroxyl groups excluding tert-OH is 1. The van der Waals surface area contributed by atoms with Gasteiger partial charge in [-0.2, -0.15) is 0 Å². The summed E-state index contributed by atoms with van der Waals surface area (Å²) in [6, 6.07) is 10.1. The molecule has 2 heterocycles. The smallest absolute Gasteiger partial charge is 0.135 e. The number of β-amino-alcohol motifs (C(OH)–C–C–N with tert-alkyl or cyclic N) is 1. The van der Waals surface area contributed by atoms with Crippen LogP contribution in [-0.2, 0) is 4.74 Å². The summed E-state index contributed by atoms with van der Waals surface area (Å²) in [5, 5.41) is 11.4. The molecular formula is C16H21NO3. The van der Waals surface area contributed by atoms with Crippen LogP contribution >= 0.6 is 0 Å². The Kier molecular flexibility index (Phi) is 3.78. The van der Waals surface area contributed by atoms with E-state index in [9.17, 15) is 5.11 Å². The summed E-state index contributed by atoms with van der Waals surface area (Å²) in [6.45, 7) is 6.32. The van der Waals surface area contributed by atoms with Crippen LogP contribution in [0.25, 0.3) is 11.0 Å². The summed E-state index contributed by atoms with van der Waals surface area (Å²) >= 11 is 0. The van der Waals surface area contributed by atoms with Crippen LogP contribution in [0.15, 0.2) is 34.7 Å². The molecule has 3 rings (SSSR count). The van der Waals surface area contributed by atoms with Crippen LogP contribution in [0, 0.1) is 0 Å². The minimum atomic E-state index is -0.602. The Labute approximate surface area is 118 Å². The van der Waals surface area contributed by atoms with E-state index >= 15 is 0 Å². The maximum absolute atomic E-state index is 10.4. The maximum Gasteiger partial charge on any atom is 0.135 e. The summed E-state index contributed by atoms with van der Waals surface area (Å²) in [4.78, 5) is 2.26. The molecule has 3 atom stereocenters. The molecule has 1 N–H and O–H groups in total. The van der Waals surface area contributed by atoms with Crippen LogP contribution in [0.2, 0.25) is 0 Å². The molecule has 4 nitrogen and oxygen atoms in total. The van der Waals surface area contributed by atoms with E-state index in [4.69, 9.17) is 9.15 Å². The number of fused-ring (bicyclic) bond motifs is 1. The minimum Gasteiger partial charge on any atom is -0.458 e. The van der Waals surface area contributed by atoms with Gasteiger partial charge in [0.15, 0.2) is 0 Å². The van der Waals surface area contributed by atoms with E-state index in [-0.39, 0.29) is 6.10 Å². The number of benzene rings is 1. The number of nitrogens with zero attached hydrogens (tertiary/aromatic N) is 1. The van der Waals surface area contributed by atoms with Gasteiger partial charge < -0.3 is 14.3 Å². The van der Waals surface area contributed by atoms with E-state index in [1.54, 1.807) is 0 Å². The van der Waals surface area contributed by atoms with Crippen molar-refractivity contribution in [2.75, 3.05) is 19.7 Å². The molecule has 108 valence electrons. The zero-order valence-corrected chi connectivity index (χ0v) is 12.0. The quantitative estimate of drug-likeness (QED) is 0.935. The van der Waals surface area contributed by atoms with Gasteiger partial charge in [-0.15, -0.1) is 0 Å². The third kappa shape index (κ3) is 2.73. The van der Waals surface area contributed by atoms with Gasteiger partial charge >= 0.3 is 0 Å². The SMILES string of the molecule is CC1CN(CC(O)c2cc3ccccc3o2)C(C)CO1. The fourth-order valence-electron chi connectivity index (χ4n) is 2.71. The second-order valence-electron chi connectivity index (χ2n) is 5.65. The Morgan fingerprint density at radius 3 is 2.95 bits per heavy atom. The Balaban J connectivity index is 1.73. The van der Waals surface area contributed by atoms with Crippen LogP contribution in [-0.4, -0.2) is 41.8 Å². The highest BCUT2D eigenvalue weighted by Gasteiger charge is 2.26. The maximum atomic E-state index is 10.4. The molecule has 1 aliphatic heterocycles. The van der Waals surface area contributed by atoms with Gasteiger partial charge in [-0.05, 0) is 26.0 Å². The summed E-state index contributed by atoms with van der Waals surface area (Å²) in [5.41, 5.74) is 0.824. The summed E-state index contributed by atoms with van der Waals surface area (Å²) in [6.07, 6.45) is -0.385. The van der Waals surface area contributed by atoms with E-state index in [0.717, 1.165) is 17.5 Å². The second-order valence-corrected chi connectivity index (χ2v) is 5.65. The molecule has 0 bridgehead atoms. The van der Waals surface area contributed by atoms with E-state index < -0.39 is 6.10 Å². The molecule has 0 saturated carbocycles. The monoisotopic (exact) mass is 275 g/mol. The highest BCUT2D eigenvalue weighted by Crippen LogP contribution is 2.25. The van der Waals surface area contributed by atoms with Crippen LogP contribution < -0.4 is 0 Å². The van der Waals surface area contributed by atoms with Crippen LogP contribution in [0.5, 0.6) is 0 Å². The number of rotatable bonds is 3. The van der Waals surface area contributed by atoms with Gasteiger partial charge in [-0.25, -0.2) is 0 Å². The Bertz CT molecular complexity index is 547. The van der Waals surface area contributed by atoms with Crippen molar-refractivity contribution in [3.05, 3.63) is 36.1 Å². The number of morpholine rings is 1. The summed E-state index contributed by atoms with van der Waals surface area (Å²) < 4.78 is 11.3. The first-order valence-corrected chi connectivity index (χ1v) is 7.15. The highest BCUT2D eigenvalue weighted by molar-refractivity contribution is 5.77. The third-order valence-corrected chi connectivity index (χ3v) is 3.92. The van der Waals surface area contributed by atoms with E-state index in [1.165, 1.54) is 0 Å². The highest BCUT2D eigenvalue weighted by atomic mass is 16.5. The summed E-state index contributed by atoms with van der Waals surface area (Å²) in [7, 11) is 0. The molecule has 2 aromatic rings. The topological polar surface area (TPSA) is 45.8 Å². The van der Waals surface area contributed by atoms with E-state index in [0.29, 0.717) is 25.0 Å². The predicted molar refractivity (Wildman–Crippen MR) is 77.6 cm³/mol. The molecular weight excluding hydrogens is 254 g/mol. The Hall–Kier alpha value is -1.36. The molecule has 20 heavy (non-hydrogen) atoms. The second kappa shape index (κ2) is 5.56. The van der Waals surface area contributed by atoms with Crippen LogP contribution in [0.1, 0.15) is 25.7 Å². The average Bonchev–Trinajstić information content (AvgIpc) is 2.87. The molecule has 1 fully saturated rings. The number of para-hydroxylation sites is 1. The van der Waals surface area contributed by atoms with Crippen molar-refractivity contribution in [3.8, 4) is 0 Å². The van der Waals surface area contributed by atoms with Crippen molar-refractivity contribution in [2.24, 2.45) is 0 Å². The first-order valence-electron chi connectivity index (χ1n) is 7.15. The first-order chi connectivity index (χ1) is 9.63. The van der Waals surface area contributed by atoms with Crippen LogP contribution in [0.3, 0.4) is 0 Å². The molecule has 1 saturated heterocycles. The Morgan fingerprint density at radius 2 is 2.15 bits per heavy atom. The Morgan fingerprint density at radius 1 is 1.35 bits per heavy atom. The largest absolute Gasteiger partial charge is 0.458 e. The zero-order valence-electron chi connectivity index (χ0n) is 12.0. The number of hydrogen-bond acceptors (Lipinski definition) is 4. The minimum absolute atomic E-state index is 0.217. The molecule has 3 unspecified atom stereocenters. The molecule has 0 radical (unpaired) electrons. The lowest BCUT2D eigenvalue weighted by atomic mass is 10.1. The predicted octanol–water partition coefficient (Wildman–Crippen LogP) is 2.58. The van der Waals surface area contributed by atoms with Crippen molar-refractivity contribution >= 4 is 11.0 Å². The standard InChI is InChI=1S/C16H21NO3/c1-11-10-19-12(2)8-17(11)9-14(18)16-7-13-5-3-4-6-15(13)20-16/h3-7,11-12,14,18H,8-10H2,1-2H3. The number of furan rings is 1. The van der Waals surface area contributed by atoms with Crippen molar-refractivity contribution in [3.63, 3.8) is 0 Å². The fraction of sp³-hybridized carbons (Fsp3) is 0.500. The summed E-state index contributed by atoms with van der Waals surface area (Å²) in [5.74, 6) is 0.637. The van der Waals surface area contributed by atoms with Gasteiger partial charge in [0.2, 0.25) is 0 Å². The number of hydrogen-bond donors (Lipinski definition) is 1. The zero-order chi connectivity index (χ0) is 14.1. The molecule has 0 amide bonds. The van der Waals surface area contributed by atoms with Crippen molar-refractivity contribution in [1.29, 1.82) is 0 Å². The van der Waals surface area contributed by atoms with Gasteiger partial charge in [-0.3, -0.25) is 4.90 Å². The van der Waals surface area contributed by atoms with Crippen molar-refractivity contribution in [2.45, 2.75) is 32.1 Å². The van der Waals surface area contributed by atoms with Crippen LogP contribution in [0.4, 0.5) is 0 Å². The number of aliphatic hydroxyl groups is 1. The third-order valence-electron chi connectivity index (χ3n) is 3.92. The molecule has 0 spiro atoms. The van der Waals surface area contributed by atoms with Crippen molar-refractivity contribution in [1.82, 2.24) is 4.90 Å². The van der Waals surface area contributed by atoms with Gasteiger partial charge in [0.05, 0.1) is 12.7 Å². The van der Waals surface area contributed by atoms with E-state index in [1.807, 2.05) is 30.3 Å².